The van der Waals surface area contributed by atoms with E-state index in [4.69, 9.17) is 4.74 Å². The molecule has 110 valence electrons. The molecule has 4 nitrogen and oxygen atoms in total. The van der Waals surface area contributed by atoms with Crippen LogP contribution in [-0.4, -0.2) is 56.1 Å². The van der Waals surface area contributed by atoms with Crippen LogP contribution in [0.25, 0.3) is 0 Å². The molecule has 1 unspecified atom stereocenters. The van der Waals surface area contributed by atoms with Gasteiger partial charge in [0.1, 0.15) is 0 Å². The van der Waals surface area contributed by atoms with Crippen molar-refractivity contribution >= 4 is 5.91 Å². The molecule has 2 rings (SSSR count). The molecule has 0 saturated carbocycles. The van der Waals surface area contributed by atoms with E-state index in [-0.39, 0.29) is 5.91 Å². The van der Waals surface area contributed by atoms with Crippen molar-refractivity contribution in [2.24, 2.45) is 0 Å². The molecule has 0 radical (unpaired) electrons. The number of hydrogen-bond donors (Lipinski definition) is 0. The van der Waals surface area contributed by atoms with Gasteiger partial charge in [-0.05, 0) is 38.2 Å². The van der Waals surface area contributed by atoms with Crippen LogP contribution in [0.15, 0.2) is 24.3 Å². The topological polar surface area (TPSA) is 32.8 Å². The van der Waals surface area contributed by atoms with E-state index in [1.807, 2.05) is 17.0 Å². The lowest BCUT2D eigenvalue weighted by atomic mass is 10.0. The Bertz CT molecular complexity index is 436. The van der Waals surface area contributed by atoms with Crippen LogP contribution in [0.2, 0.25) is 0 Å². The smallest absolute Gasteiger partial charge is 0.254 e. The quantitative estimate of drug-likeness (QED) is 0.845. The number of nitrogens with zero attached hydrogens (tertiary/aromatic N) is 2. The number of amides is 1. The lowest BCUT2D eigenvalue weighted by Gasteiger charge is -2.27. The monoisotopic (exact) mass is 276 g/mol. The fraction of sp³-hybridized carbons (Fsp3) is 0.562. The van der Waals surface area contributed by atoms with Gasteiger partial charge in [0.05, 0.1) is 13.2 Å². The van der Waals surface area contributed by atoms with E-state index in [0.717, 1.165) is 12.0 Å². The second kappa shape index (κ2) is 6.86. The van der Waals surface area contributed by atoms with Crippen molar-refractivity contribution in [1.29, 1.82) is 0 Å². The number of carbonyl (C=O) groups excluding carboxylic acids is 1. The third-order valence-electron chi connectivity index (χ3n) is 3.85. The molecule has 1 aliphatic heterocycles. The van der Waals surface area contributed by atoms with Crippen LogP contribution in [0, 0.1) is 0 Å². The number of hydrogen-bond acceptors (Lipinski definition) is 3. The van der Waals surface area contributed by atoms with Crippen molar-refractivity contribution < 1.29 is 9.53 Å². The molecule has 1 aromatic rings. The maximum atomic E-state index is 12.3. The van der Waals surface area contributed by atoms with E-state index >= 15 is 0 Å². The minimum atomic E-state index is 0.109. The highest BCUT2D eigenvalue weighted by atomic mass is 16.5. The highest BCUT2D eigenvalue weighted by Crippen LogP contribution is 2.22. The summed E-state index contributed by atoms with van der Waals surface area (Å²) in [6.07, 6.45) is 1.06. The van der Waals surface area contributed by atoms with Gasteiger partial charge in [-0.2, -0.15) is 0 Å². The maximum Gasteiger partial charge on any atom is 0.254 e. The SMILES string of the molecule is CCC(c1ccc(C(=O)N2CCOCC2)cc1)N(C)C. The van der Waals surface area contributed by atoms with Crippen molar-refractivity contribution in [3.63, 3.8) is 0 Å². The molecule has 0 aliphatic carbocycles. The van der Waals surface area contributed by atoms with Gasteiger partial charge in [0.25, 0.3) is 5.91 Å². The van der Waals surface area contributed by atoms with Crippen LogP contribution in [-0.2, 0) is 4.74 Å². The third kappa shape index (κ3) is 3.38. The number of carbonyl (C=O) groups is 1. The molecule has 0 bridgehead atoms. The van der Waals surface area contributed by atoms with Crippen molar-refractivity contribution in [3.05, 3.63) is 35.4 Å². The van der Waals surface area contributed by atoms with Crippen molar-refractivity contribution in [2.75, 3.05) is 40.4 Å². The summed E-state index contributed by atoms with van der Waals surface area (Å²) in [5.41, 5.74) is 2.03. The largest absolute Gasteiger partial charge is 0.378 e. The number of ether oxygens (including phenoxy) is 1. The predicted molar refractivity (Wildman–Crippen MR) is 79.9 cm³/mol. The minimum absolute atomic E-state index is 0.109. The molecule has 1 atom stereocenters. The molecule has 1 fully saturated rings. The molecule has 1 heterocycles. The van der Waals surface area contributed by atoms with Crippen LogP contribution >= 0.6 is 0 Å². The average molecular weight is 276 g/mol. The van der Waals surface area contributed by atoms with E-state index in [0.29, 0.717) is 32.3 Å². The van der Waals surface area contributed by atoms with Gasteiger partial charge in [-0.3, -0.25) is 4.79 Å². The van der Waals surface area contributed by atoms with Gasteiger partial charge >= 0.3 is 0 Å². The van der Waals surface area contributed by atoms with Crippen molar-refractivity contribution in [1.82, 2.24) is 9.80 Å². The Morgan fingerprint density at radius 3 is 2.35 bits per heavy atom. The summed E-state index contributed by atoms with van der Waals surface area (Å²) in [6, 6.07) is 8.44. The Labute approximate surface area is 121 Å². The molecule has 1 aliphatic rings. The summed E-state index contributed by atoms with van der Waals surface area (Å²) in [7, 11) is 4.17. The van der Waals surface area contributed by atoms with Crippen molar-refractivity contribution in [2.45, 2.75) is 19.4 Å². The second-order valence-electron chi connectivity index (χ2n) is 5.41. The Morgan fingerprint density at radius 2 is 1.85 bits per heavy atom. The highest BCUT2D eigenvalue weighted by molar-refractivity contribution is 5.94. The summed E-state index contributed by atoms with van der Waals surface area (Å²) in [6.45, 7) is 4.84. The molecule has 20 heavy (non-hydrogen) atoms. The summed E-state index contributed by atoms with van der Waals surface area (Å²) in [5, 5.41) is 0. The van der Waals surface area contributed by atoms with E-state index < -0.39 is 0 Å². The van der Waals surface area contributed by atoms with Crippen LogP contribution in [0.5, 0.6) is 0 Å². The zero-order valence-electron chi connectivity index (χ0n) is 12.6. The molecule has 4 heteroatoms. The first-order valence-corrected chi connectivity index (χ1v) is 7.27. The molecule has 0 aromatic heterocycles. The van der Waals surface area contributed by atoms with E-state index in [1.165, 1.54) is 5.56 Å². The lowest BCUT2D eigenvalue weighted by molar-refractivity contribution is 0.0303. The third-order valence-corrected chi connectivity index (χ3v) is 3.85. The van der Waals surface area contributed by atoms with Gasteiger partial charge in [0.2, 0.25) is 0 Å². The van der Waals surface area contributed by atoms with E-state index in [9.17, 15) is 4.79 Å². The fourth-order valence-corrected chi connectivity index (χ4v) is 2.70. The number of rotatable bonds is 4. The maximum absolute atomic E-state index is 12.3. The standard InChI is InChI=1S/C16H24N2O2/c1-4-15(17(2)3)13-5-7-14(8-6-13)16(19)18-9-11-20-12-10-18/h5-8,15H,4,9-12H2,1-3H3. The summed E-state index contributed by atoms with van der Waals surface area (Å²) < 4.78 is 5.28. The van der Waals surface area contributed by atoms with Gasteiger partial charge in [0.15, 0.2) is 0 Å². The molecular weight excluding hydrogens is 252 g/mol. The van der Waals surface area contributed by atoms with Gasteiger partial charge < -0.3 is 14.5 Å². The van der Waals surface area contributed by atoms with E-state index in [2.05, 4.69) is 38.1 Å². The van der Waals surface area contributed by atoms with Gasteiger partial charge in [-0.15, -0.1) is 0 Å². The van der Waals surface area contributed by atoms with Crippen LogP contribution in [0.4, 0.5) is 0 Å². The van der Waals surface area contributed by atoms with Crippen LogP contribution in [0.1, 0.15) is 35.3 Å². The molecule has 1 aromatic carbocycles. The Balaban J connectivity index is 2.09. The Kier molecular flexibility index (Phi) is 5.15. The zero-order chi connectivity index (χ0) is 14.5. The molecule has 1 saturated heterocycles. The zero-order valence-corrected chi connectivity index (χ0v) is 12.6. The van der Waals surface area contributed by atoms with Crippen LogP contribution < -0.4 is 0 Å². The van der Waals surface area contributed by atoms with Crippen molar-refractivity contribution in [3.8, 4) is 0 Å². The van der Waals surface area contributed by atoms with Crippen LogP contribution in [0.3, 0.4) is 0 Å². The molecular formula is C16H24N2O2. The first-order valence-electron chi connectivity index (χ1n) is 7.27. The Morgan fingerprint density at radius 1 is 1.25 bits per heavy atom. The first kappa shape index (κ1) is 15.0. The number of benzene rings is 1. The molecule has 0 spiro atoms. The second-order valence-corrected chi connectivity index (χ2v) is 5.41. The predicted octanol–water partition coefficient (Wildman–Crippen LogP) is 2.17. The molecule has 0 N–H and O–H groups in total. The fourth-order valence-electron chi connectivity index (χ4n) is 2.70. The Hall–Kier alpha value is -1.39. The van der Waals surface area contributed by atoms with E-state index in [1.54, 1.807) is 0 Å². The highest BCUT2D eigenvalue weighted by Gasteiger charge is 2.19. The molecule has 1 amide bonds. The van der Waals surface area contributed by atoms with Gasteiger partial charge in [-0.1, -0.05) is 19.1 Å². The summed E-state index contributed by atoms with van der Waals surface area (Å²) in [5.74, 6) is 0.109. The summed E-state index contributed by atoms with van der Waals surface area (Å²) in [4.78, 5) is 16.4. The normalized spacial score (nSPS) is 17.3. The van der Waals surface area contributed by atoms with Gasteiger partial charge in [0, 0.05) is 24.7 Å². The number of morpholine rings is 1. The first-order chi connectivity index (χ1) is 9.63. The average Bonchev–Trinajstić information content (AvgIpc) is 2.48. The minimum Gasteiger partial charge on any atom is -0.378 e. The lowest BCUT2D eigenvalue weighted by Crippen LogP contribution is -2.40. The van der Waals surface area contributed by atoms with Gasteiger partial charge in [-0.25, -0.2) is 0 Å². The summed E-state index contributed by atoms with van der Waals surface area (Å²) >= 11 is 0.